The van der Waals surface area contributed by atoms with Gasteiger partial charge in [0, 0.05) is 12.5 Å². The fraction of sp³-hybridized carbons (Fsp3) is 0.154. The summed E-state index contributed by atoms with van der Waals surface area (Å²) < 4.78 is 0. The highest BCUT2D eigenvalue weighted by Crippen LogP contribution is 2.26. The summed E-state index contributed by atoms with van der Waals surface area (Å²) in [5, 5.41) is 12.3. The first-order valence-electron chi connectivity index (χ1n) is 5.72. The molecule has 5 nitrogen and oxygen atoms in total. The minimum atomic E-state index is 0.402. The number of aryl methyl sites for hydroxylation is 1. The molecule has 0 atom stereocenters. The second kappa shape index (κ2) is 5.55. The van der Waals surface area contributed by atoms with Gasteiger partial charge in [-0.25, -0.2) is 9.97 Å². The highest BCUT2D eigenvalue weighted by molar-refractivity contribution is 6.33. The minimum Gasteiger partial charge on any atom is -0.384 e. The van der Waals surface area contributed by atoms with E-state index < -0.39 is 0 Å². The molecule has 2 aromatic rings. The molecule has 0 amide bonds. The topological polar surface area (TPSA) is 87.6 Å². The Morgan fingerprint density at radius 2 is 2.16 bits per heavy atom. The molecule has 0 radical (unpaired) electrons. The molecule has 0 aliphatic rings. The Kier molecular flexibility index (Phi) is 3.83. The Balaban J connectivity index is 2.31. The molecule has 96 valence electrons. The molecule has 1 heterocycles. The summed E-state index contributed by atoms with van der Waals surface area (Å²) in [6, 6.07) is 8.66. The third kappa shape index (κ3) is 3.12. The van der Waals surface area contributed by atoms with Crippen LogP contribution in [0.4, 0.5) is 17.3 Å². The molecule has 1 aromatic carbocycles. The van der Waals surface area contributed by atoms with E-state index in [0.717, 1.165) is 0 Å². The lowest BCUT2D eigenvalue weighted by Crippen LogP contribution is -2.03. The van der Waals surface area contributed by atoms with Crippen LogP contribution in [0, 0.1) is 11.3 Å². The predicted octanol–water partition coefficient (Wildman–Crippen LogP) is 2.89. The van der Waals surface area contributed by atoms with Crippen molar-refractivity contribution in [3.05, 3.63) is 40.7 Å². The van der Waals surface area contributed by atoms with Crippen LogP contribution in [0.1, 0.15) is 18.3 Å². The average molecular weight is 274 g/mol. The number of nitriles is 1. The summed E-state index contributed by atoms with van der Waals surface area (Å²) in [5.41, 5.74) is 6.88. The van der Waals surface area contributed by atoms with Crippen LogP contribution in [0.25, 0.3) is 0 Å². The van der Waals surface area contributed by atoms with Crippen molar-refractivity contribution in [1.29, 1.82) is 5.26 Å². The molecule has 0 saturated carbocycles. The summed E-state index contributed by atoms with van der Waals surface area (Å²) in [6.07, 6.45) is 0.695. The quantitative estimate of drug-likeness (QED) is 0.898. The highest BCUT2D eigenvalue weighted by Gasteiger charge is 2.05. The standard InChI is InChI=1S/C13H12ClN5/c1-2-12-18-11(16)6-13(19-12)17-10-4-3-8(7-15)5-9(10)14/h3-6H,2H2,1H3,(H3,16,17,18,19). The van der Waals surface area contributed by atoms with Crippen LogP contribution < -0.4 is 11.1 Å². The fourth-order valence-corrected chi connectivity index (χ4v) is 1.79. The highest BCUT2D eigenvalue weighted by atomic mass is 35.5. The van der Waals surface area contributed by atoms with E-state index in [4.69, 9.17) is 22.6 Å². The smallest absolute Gasteiger partial charge is 0.136 e. The number of aromatic nitrogens is 2. The summed E-state index contributed by atoms with van der Waals surface area (Å²) in [4.78, 5) is 8.40. The number of nitrogens with zero attached hydrogens (tertiary/aromatic N) is 3. The molecular weight excluding hydrogens is 262 g/mol. The van der Waals surface area contributed by atoms with Gasteiger partial charge in [0.25, 0.3) is 0 Å². The molecule has 19 heavy (non-hydrogen) atoms. The third-order valence-electron chi connectivity index (χ3n) is 2.47. The lowest BCUT2D eigenvalue weighted by atomic mass is 10.2. The van der Waals surface area contributed by atoms with Gasteiger partial charge in [-0.2, -0.15) is 5.26 Å². The van der Waals surface area contributed by atoms with Crippen molar-refractivity contribution in [3.63, 3.8) is 0 Å². The molecule has 0 fully saturated rings. The zero-order valence-electron chi connectivity index (χ0n) is 10.3. The Morgan fingerprint density at radius 1 is 1.37 bits per heavy atom. The summed E-state index contributed by atoms with van der Waals surface area (Å²) in [6.45, 7) is 1.95. The van der Waals surface area contributed by atoms with Gasteiger partial charge in [0.1, 0.15) is 17.5 Å². The van der Waals surface area contributed by atoms with Gasteiger partial charge in [0.05, 0.1) is 22.3 Å². The summed E-state index contributed by atoms with van der Waals surface area (Å²) in [5.74, 6) is 1.64. The first-order valence-corrected chi connectivity index (χ1v) is 6.10. The Hall–Kier alpha value is -2.32. The number of anilines is 3. The van der Waals surface area contributed by atoms with Gasteiger partial charge in [0.15, 0.2) is 0 Å². The second-order valence-electron chi connectivity index (χ2n) is 3.88. The van der Waals surface area contributed by atoms with Gasteiger partial charge < -0.3 is 11.1 Å². The van der Waals surface area contributed by atoms with Crippen molar-refractivity contribution in [1.82, 2.24) is 9.97 Å². The Labute approximate surface area is 116 Å². The maximum atomic E-state index is 8.78. The first kappa shape index (κ1) is 13.1. The van der Waals surface area contributed by atoms with Crippen molar-refractivity contribution < 1.29 is 0 Å². The van der Waals surface area contributed by atoms with Crippen LogP contribution in [-0.4, -0.2) is 9.97 Å². The number of hydrogen-bond acceptors (Lipinski definition) is 5. The first-order chi connectivity index (χ1) is 9.12. The number of nitrogens with one attached hydrogen (secondary N) is 1. The molecule has 1 aromatic heterocycles. The molecule has 0 bridgehead atoms. The van der Waals surface area contributed by atoms with Crippen molar-refractivity contribution in [2.24, 2.45) is 0 Å². The van der Waals surface area contributed by atoms with Crippen LogP contribution in [0.5, 0.6) is 0 Å². The zero-order chi connectivity index (χ0) is 13.8. The lowest BCUT2D eigenvalue weighted by Gasteiger charge is -2.09. The summed E-state index contributed by atoms with van der Waals surface area (Å²) >= 11 is 6.08. The lowest BCUT2D eigenvalue weighted by molar-refractivity contribution is 0.948. The second-order valence-corrected chi connectivity index (χ2v) is 4.29. The van der Waals surface area contributed by atoms with Crippen LogP contribution in [0.3, 0.4) is 0 Å². The number of halogens is 1. The van der Waals surface area contributed by atoms with Crippen LogP contribution in [0.2, 0.25) is 5.02 Å². The largest absolute Gasteiger partial charge is 0.384 e. The number of nitrogens with two attached hydrogens (primary N) is 1. The van der Waals surface area contributed by atoms with Gasteiger partial charge in [-0.3, -0.25) is 0 Å². The van der Waals surface area contributed by atoms with E-state index in [-0.39, 0.29) is 0 Å². The zero-order valence-corrected chi connectivity index (χ0v) is 11.1. The van der Waals surface area contributed by atoms with E-state index in [0.29, 0.717) is 40.2 Å². The Morgan fingerprint density at radius 3 is 2.79 bits per heavy atom. The van der Waals surface area contributed by atoms with Crippen molar-refractivity contribution in [2.75, 3.05) is 11.1 Å². The van der Waals surface area contributed by atoms with Crippen molar-refractivity contribution in [3.8, 4) is 6.07 Å². The van der Waals surface area contributed by atoms with E-state index in [9.17, 15) is 0 Å². The van der Waals surface area contributed by atoms with Crippen LogP contribution in [0.15, 0.2) is 24.3 Å². The number of rotatable bonds is 3. The molecule has 6 heteroatoms. The average Bonchev–Trinajstić information content (AvgIpc) is 2.40. The van der Waals surface area contributed by atoms with Gasteiger partial charge in [0.2, 0.25) is 0 Å². The van der Waals surface area contributed by atoms with Crippen molar-refractivity contribution >= 4 is 28.9 Å². The van der Waals surface area contributed by atoms with Gasteiger partial charge in [-0.05, 0) is 18.2 Å². The normalized spacial score (nSPS) is 9.95. The van der Waals surface area contributed by atoms with Crippen molar-refractivity contribution in [2.45, 2.75) is 13.3 Å². The minimum absolute atomic E-state index is 0.402. The molecule has 0 unspecified atom stereocenters. The molecular formula is C13H12ClN5. The monoisotopic (exact) mass is 273 g/mol. The molecule has 0 spiro atoms. The molecule has 0 saturated heterocycles. The number of nitrogen functional groups attached to an aromatic ring is 1. The van der Waals surface area contributed by atoms with E-state index >= 15 is 0 Å². The Bertz CT molecular complexity index is 648. The molecule has 3 N–H and O–H groups in total. The molecule has 2 rings (SSSR count). The third-order valence-corrected chi connectivity index (χ3v) is 2.78. The maximum Gasteiger partial charge on any atom is 0.136 e. The van der Waals surface area contributed by atoms with E-state index in [1.807, 2.05) is 13.0 Å². The van der Waals surface area contributed by atoms with Crippen LogP contribution >= 0.6 is 11.6 Å². The SMILES string of the molecule is CCc1nc(N)cc(Nc2ccc(C#N)cc2Cl)n1. The van der Waals surface area contributed by atoms with E-state index in [2.05, 4.69) is 15.3 Å². The van der Waals surface area contributed by atoms with Gasteiger partial charge >= 0.3 is 0 Å². The summed E-state index contributed by atoms with van der Waals surface area (Å²) in [7, 11) is 0. The fourth-order valence-electron chi connectivity index (χ4n) is 1.56. The van der Waals surface area contributed by atoms with E-state index in [1.165, 1.54) is 0 Å². The maximum absolute atomic E-state index is 8.78. The van der Waals surface area contributed by atoms with E-state index in [1.54, 1.807) is 24.3 Å². The predicted molar refractivity (Wildman–Crippen MR) is 75.3 cm³/mol. The number of benzene rings is 1. The van der Waals surface area contributed by atoms with Crippen LogP contribution in [-0.2, 0) is 6.42 Å². The van der Waals surface area contributed by atoms with Gasteiger partial charge in [-0.15, -0.1) is 0 Å². The number of hydrogen-bond donors (Lipinski definition) is 2. The molecule has 0 aliphatic heterocycles. The van der Waals surface area contributed by atoms with Gasteiger partial charge in [-0.1, -0.05) is 18.5 Å². The molecule has 0 aliphatic carbocycles.